The number of rotatable bonds is 3. The Morgan fingerprint density at radius 1 is 1.20 bits per heavy atom. The van der Waals surface area contributed by atoms with Gasteiger partial charge in [0, 0.05) is 18.2 Å². The van der Waals surface area contributed by atoms with Gasteiger partial charge in [-0.25, -0.2) is 5.06 Å². The lowest BCUT2D eigenvalue weighted by molar-refractivity contribution is -0.0756. The maximum atomic E-state index is 11.5. The third kappa shape index (κ3) is 2.54. The van der Waals surface area contributed by atoms with Crippen molar-refractivity contribution in [1.29, 1.82) is 0 Å². The molecule has 0 spiro atoms. The van der Waals surface area contributed by atoms with Crippen molar-refractivity contribution >= 4 is 11.8 Å². The Balaban J connectivity index is 2.89. The van der Waals surface area contributed by atoms with E-state index in [0.717, 1.165) is 5.06 Å². The topological polar surface area (TPSA) is 72.6 Å². The molecule has 0 saturated heterocycles. The van der Waals surface area contributed by atoms with Crippen molar-refractivity contribution in [3.63, 3.8) is 0 Å². The minimum absolute atomic E-state index is 0.284. The zero-order valence-corrected chi connectivity index (χ0v) is 8.56. The SMILES string of the molecule is CON(C)C(=O)c1ccc(C(N)=O)cc1. The second kappa shape index (κ2) is 4.56. The van der Waals surface area contributed by atoms with E-state index in [1.807, 2.05) is 0 Å². The van der Waals surface area contributed by atoms with Crippen LogP contribution in [0, 0.1) is 0 Å². The van der Waals surface area contributed by atoms with Gasteiger partial charge >= 0.3 is 0 Å². The molecule has 0 radical (unpaired) electrons. The van der Waals surface area contributed by atoms with Crippen LogP contribution in [0.1, 0.15) is 20.7 Å². The Labute approximate surface area is 87.4 Å². The van der Waals surface area contributed by atoms with Crippen LogP contribution in [0.15, 0.2) is 24.3 Å². The smallest absolute Gasteiger partial charge is 0.277 e. The Morgan fingerprint density at radius 3 is 2.07 bits per heavy atom. The molecule has 0 unspecified atom stereocenters. The van der Waals surface area contributed by atoms with Crippen LogP contribution in [0.5, 0.6) is 0 Å². The molecular weight excluding hydrogens is 196 g/mol. The third-order valence-electron chi connectivity index (χ3n) is 1.98. The van der Waals surface area contributed by atoms with Crippen LogP contribution in [0.25, 0.3) is 0 Å². The van der Waals surface area contributed by atoms with Gasteiger partial charge in [0.15, 0.2) is 0 Å². The molecule has 0 aliphatic heterocycles. The fourth-order valence-electron chi connectivity index (χ4n) is 1.04. The highest BCUT2D eigenvalue weighted by Crippen LogP contribution is 2.06. The molecule has 5 nitrogen and oxygen atoms in total. The van der Waals surface area contributed by atoms with Crippen molar-refractivity contribution in [1.82, 2.24) is 5.06 Å². The Kier molecular flexibility index (Phi) is 3.41. The summed E-state index contributed by atoms with van der Waals surface area (Å²) in [5, 5.41) is 1.10. The van der Waals surface area contributed by atoms with E-state index in [1.54, 1.807) is 0 Å². The summed E-state index contributed by atoms with van der Waals surface area (Å²) in [6.45, 7) is 0. The van der Waals surface area contributed by atoms with Gasteiger partial charge in [-0.1, -0.05) is 0 Å². The number of carbonyl (C=O) groups is 2. The van der Waals surface area contributed by atoms with Crippen LogP contribution in [0.4, 0.5) is 0 Å². The van der Waals surface area contributed by atoms with E-state index < -0.39 is 5.91 Å². The minimum atomic E-state index is -0.519. The molecule has 0 bridgehead atoms. The lowest BCUT2D eigenvalue weighted by atomic mass is 10.1. The highest BCUT2D eigenvalue weighted by molar-refractivity contribution is 5.96. The van der Waals surface area contributed by atoms with E-state index in [9.17, 15) is 9.59 Å². The number of hydrogen-bond donors (Lipinski definition) is 1. The normalized spacial score (nSPS) is 9.73. The number of amides is 2. The predicted octanol–water partition coefficient (Wildman–Crippen LogP) is 0.419. The Hall–Kier alpha value is -1.88. The summed E-state index contributed by atoms with van der Waals surface area (Å²) >= 11 is 0. The summed E-state index contributed by atoms with van der Waals surface area (Å²) < 4.78 is 0. The summed E-state index contributed by atoms with van der Waals surface area (Å²) in [5.41, 5.74) is 5.87. The molecule has 1 rings (SSSR count). The zero-order chi connectivity index (χ0) is 11.4. The molecule has 15 heavy (non-hydrogen) atoms. The first-order chi connectivity index (χ1) is 7.06. The lowest BCUT2D eigenvalue weighted by Gasteiger charge is -2.13. The number of hydrogen-bond acceptors (Lipinski definition) is 3. The van der Waals surface area contributed by atoms with E-state index in [-0.39, 0.29) is 5.91 Å². The van der Waals surface area contributed by atoms with E-state index in [1.165, 1.54) is 38.4 Å². The number of primary amides is 1. The van der Waals surface area contributed by atoms with Gasteiger partial charge in [-0.05, 0) is 24.3 Å². The summed E-state index contributed by atoms with van der Waals surface area (Å²) in [4.78, 5) is 27.1. The van der Waals surface area contributed by atoms with Crippen molar-refractivity contribution in [2.24, 2.45) is 5.73 Å². The van der Waals surface area contributed by atoms with Crippen LogP contribution < -0.4 is 5.73 Å². The average Bonchev–Trinajstić information content (AvgIpc) is 2.27. The molecule has 0 aliphatic carbocycles. The van der Waals surface area contributed by atoms with Gasteiger partial charge < -0.3 is 5.73 Å². The fourth-order valence-corrected chi connectivity index (χ4v) is 1.04. The molecule has 80 valence electrons. The van der Waals surface area contributed by atoms with Crippen molar-refractivity contribution in [3.05, 3.63) is 35.4 Å². The van der Waals surface area contributed by atoms with E-state index >= 15 is 0 Å². The van der Waals surface area contributed by atoms with Crippen LogP contribution in [-0.2, 0) is 4.84 Å². The molecule has 2 amide bonds. The maximum Gasteiger partial charge on any atom is 0.277 e. The molecule has 2 N–H and O–H groups in total. The van der Waals surface area contributed by atoms with Crippen molar-refractivity contribution in [3.8, 4) is 0 Å². The first-order valence-corrected chi connectivity index (χ1v) is 4.28. The number of nitrogens with zero attached hydrogens (tertiary/aromatic N) is 1. The fraction of sp³-hybridized carbons (Fsp3) is 0.200. The van der Waals surface area contributed by atoms with Gasteiger partial charge in [-0.15, -0.1) is 0 Å². The average molecular weight is 208 g/mol. The summed E-state index contributed by atoms with van der Waals surface area (Å²) in [6, 6.07) is 6.05. The quantitative estimate of drug-likeness (QED) is 0.731. The highest BCUT2D eigenvalue weighted by atomic mass is 16.7. The summed E-state index contributed by atoms with van der Waals surface area (Å²) in [7, 11) is 2.90. The Morgan fingerprint density at radius 2 is 1.67 bits per heavy atom. The van der Waals surface area contributed by atoms with E-state index in [0.29, 0.717) is 11.1 Å². The van der Waals surface area contributed by atoms with Crippen molar-refractivity contribution in [2.75, 3.05) is 14.2 Å². The first-order valence-electron chi connectivity index (χ1n) is 4.28. The minimum Gasteiger partial charge on any atom is -0.366 e. The standard InChI is InChI=1S/C10H12N2O3/c1-12(15-2)10(14)8-5-3-7(4-6-8)9(11)13/h3-6H,1-2H3,(H2,11,13). The molecule has 0 aliphatic rings. The molecule has 0 atom stereocenters. The largest absolute Gasteiger partial charge is 0.366 e. The highest BCUT2D eigenvalue weighted by Gasteiger charge is 2.11. The number of carbonyl (C=O) groups excluding carboxylic acids is 2. The van der Waals surface area contributed by atoms with Crippen LogP contribution in [0.3, 0.4) is 0 Å². The first kappa shape index (κ1) is 11.2. The maximum absolute atomic E-state index is 11.5. The van der Waals surface area contributed by atoms with Gasteiger partial charge in [0.2, 0.25) is 5.91 Å². The van der Waals surface area contributed by atoms with Gasteiger partial charge in [-0.2, -0.15) is 0 Å². The van der Waals surface area contributed by atoms with E-state index in [4.69, 9.17) is 10.6 Å². The molecule has 5 heteroatoms. The Bertz CT molecular complexity index is 373. The molecule has 0 aromatic heterocycles. The van der Waals surface area contributed by atoms with Gasteiger partial charge in [0.1, 0.15) is 0 Å². The number of hydroxylamine groups is 2. The van der Waals surface area contributed by atoms with Crippen LogP contribution in [-0.4, -0.2) is 31.0 Å². The number of benzene rings is 1. The molecule has 0 fully saturated rings. The van der Waals surface area contributed by atoms with Gasteiger partial charge in [0.05, 0.1) is 7.11 Å². The molecule has 0 saturated carbocycles. The molecule has 1 aromatic carbocycles. The van der Waals surface area contributed by atoms with Crippen LogP contribution in [0.2, 0.25) is 0 Å². The zero-order valence-electron chi connectivity index (χ0n) is 8.56. The lowest BCUT2D eigenvalue weighted by Crippen LogP contribution is -2.25. The monoisotopic (exact) mass is 208 g/mol. The number of nitrogens with two attached hydrogens (primary N) is 1. The summed E-state index contributed by atoms with van der Waals surface area (Å²) in [6.07, 6.45) is 0. The van der Waals surface area contributed by atoms with Crippen LogP contribution >= 0.6 is 0 Å². The molecule has 1 aromatic rings. The predicted molar refractivity (Wildman–Crippen MR) is 54.1 cm³/mol. The van der Waals surface area contributed by atoms with Gasteiger partial charge in [-0.3, -0.25) is 14.4 Å². The van der Waals surface area contributed by atoms with Crippen molar-refractivity contribution < 1.29 is 14.4 Å². The third-order valence-corrected chi connectivity index (χ3v) is 1.98. The molecular formula is C10H12N2O3. The van der Waals surface area contributed by atoms with Crippen molar-refractivity contribution in [2.45, 2.75) is 0 Å². The van der Waals surface area contributed by atoms with E-state index in [2.05, 4.69) is 0 Å². The molecule has 0 heterocycles. The second-order valence-electron chi connectivity index (χ2n) is 2.93. The second-order valence-corrected chi connectivity index (χ2v) is 2.93. The summed E-state index contributed by atoms with van der Waals surface area (Å²) in [5.74, 6) is -0.803. The van der Waals surface area contributed by atoms with Gasteiger partial charge in [0.25, 0.3) is 5.91 Å².